The van der Waals surface area contributed by atoms with E-state index >= 15 is 0 Å². The lowest BCUT2D eigenvalue weighted by Gasteiger charge is -2.26. The Morgan fingerprint density at radius 3 is 2.56 bits per heavy atom. The Hall–Kier alpha value is -1.75. The molecular weight excluding hydrogens is 316 g/mol. The van der Waals surface area contributed by atoms with Crippen molar-refractivity contribution < 1.29 is 14.3 Å². The van der Waals surface area contributed by atoms with Crippen molar-refractivity contribution >= 4 is 5.91 Å². The molecule has 25 heavy (non-hydrogen) atoms. The molecule has 1 amide bonds. The maximum Gasteiger partial charge on any atom is 0.223 e. The molecule has 2 fully saturated rings. The van der Waals surface area contributed by atoms with Crippen LogP contribution in [-0.2, 0) is 11.3 Å². The van der Waals surface area contributed by atoms with Crippen LogP contribution in [0.15, 0.2) is 18.2 Å². The molecule has 0 radical (unpaired) electrons. The van der Waals surface area contributed by atoms with Gasteiger partial charge in [0.2, 0.25) is 5.91 Å². The summed E-state index contributed by atoms with van der Waals surface area (Å²) in [5, 5.41) is 3.39. The standard InChI is InChI=1S/C20H30N2O3/c1-24-18-6-7-19(25-2)16(13-18)14-22(17-4-5-17)20(23)8-3-15-9-11-21-12-10-15/h6-7,13,15,17,21H,3-5,8-12,14H2,1-2H3. The molecule has 5 heteroatoms. The van der Waals surface area contributed by atoms with Crippen LogP contribution in [0.3, 0.4) is 0 Å². The predicted octanol–water partition coefficient (Wildman–Crippen LogP) is 2.97. The van der Waals surface area contributed by atoms with Crippen LogP contribution in [-0.4, -0.2) is 44.2 Å². The molecule has 138 valence electrons. The SMILES string of the molecule is COc1ccc(OC)c(CN(C(=O)CCC2CCNCC2)C2CC2)c1. The Labute approximate surface area is 150 Å². The summed E-state index contributed by atoms with van der Waals surface area (Å²) in [6.07, 6.45) is 6.30. The summed E-state index contributed by atoms with van der Waals surface area (Å²) >= 11 is 0. The van der Waals surface area contributed by atoms with Crippen LogP contribution in [0.2, 0.25) is 0 Å². The third kappa shape index (κ3) is 4.88. The second-order valence-electron chi connectivity index (χ2n) is 7.16. The number of carbonyl (C=O) groups is 1. The van der Waals surface area contributed by atoms with Gasteiger partial charge in [0.25, 0.3) is 0 Å². The summed E-state index contributed by atoms with van der Waals surface area (Å²) < 4.78 is 10.8. The quantitative estimate of drug-likeness (QED) is 0.786. The molecule has 0 spiro atoms. The zero-order chi connectivity index (χ0) is 17.6. The fourth-order valence-electron chi connectivity index (χ4n) is 3.64. The van der Waals surface area contributed by atoms with Crippen LogP contribution >= 0.6 is 0 Å². The second kappa shape index (κ2) is 8.56. The van der Waals surface area contributed by atoms with Crippen LogP contribution in [0.5, 0.6) is 11.5 Å². The zero-order valence-electron chi connectivity index (χ0n) is 15.4. The van der Waals surface area contributed by atoms with E-state index in [1.54, 1.807) is 14.2 Å². The van der Waals surface area contributed by atoms with Gasteiger partial charge >= 0.3 is 0 Å². The Bertz CT molecular complexity index is 580. The number of nitrogens with one attached hydrogen (secondary N) is 1. The summed E-state index contributed by atoms with van der Waals surface area (Å²) in [4.78, 5) is 14.9. The number of hydrogen-bond acceptors (Lipinski definition) is 4. The van der Waals surface area contributed by atoms with E-state index in [2.05, 4.69) is 10.2 Å². The van der Waals surface area contributed by atoms with Gasteiger partial charge in [-0.15, -0.1) is 0 Å². The van der Waals surface area contributed by atoms with Gasteiger partial charge in [-0.1, -0.05) is 0 Å². The van der Waals surface area contributed by atoms with Crippen molar-refractivity contribution in [1.29, 1.82) is 0 Å². The monoisotopic (exact) mass is 346 g/mol. The molecule has 5 nitrogen and oxygen atoms in total. The third-order valence-corrected chi connectivity index (χ3v) is 5.36. The Morgan fingerprint density at radius 2 is 1.92 bits per heavy atom. The Balaban J connectivity index is 1.63. The lowest BCUT2D eigenvalue weighted by molar-refractivity contribution is -0.132. The first-order valence-corrected chi connectivity index (χ1v) is 9.42. The van der Waals surface area contributed by atoms with Gasteiger partial charge in [-0.3, -0.25) is 4.79 Å². The number of ether oxygens (including phenoxy) is 2. The molecule has 1 saturated heterocycles. The second-order valence-corrected chi connectivity index (χ2v) is 7.16. The zero-order valence-corrected chi connectivity index (χ0v) is 15.4. The Kier molecular flexibility index (Phi) is 6.19. The van der Waals surface area contributed by atoms with E-state index in [0.717, 1.165) is 49.4 Å². The molecule has 0 aromatic heterocycles. The highest BCUT2D eigenvalue weighted by molar-refractivity contribution is 5.77. The normalized spacial score (nSPS) is 18.0. The minimum atomic E-state index is 0.283. The molecule has 1 aromatic carbocycles. The van der Waals surface area contributed by atoms with E-state index in [0.29, 0.717) is 24.9 Å². The first-order chi connectivity index (χ1) is 12.2. The van der Waals surface area contributed by atoms with Gasteiger partial charge in [-0.2, -0.15) is 0 Å². The van der Waals surface area contributed by atoms with E-state index in [1.165, 1.54) is 12.8 Å². The highest BCUT2D eigenvalue weighted by Crippen LogP contribution is 2.33. The molecule has 1 saturated carbocycles. The van der Waals surface area contributed by atoms with Gasteiger partial charge in [-0.05, 0) is 69.3 Å². The molecule has 1 aliphatic carbocycles. The lowest BCUT2D eigenvalue weighted by atomic mass is 9.93. The summed E-state index contributed by atoms with van der Waals surface area (Å²) in [5.74, 6) is 2.59. The van der Waals surface area contributed by atoms with Crippen molar-refractivity contribution in [3.8, 4) is 11.5 Å². The number of methoxy groups -OCH3 is 2. The number of carbonyl (C=O) groups excluding carboxylic acids is 1. The van der Waals surface area contributed by atoms with Gasteiger partial charge in [0.05, 0.1) is 14.2 Å². The third-order valence-electron chi connectivity index (χ3n) is 5.36. The van der Waals surface area contributed by atoms with E-state index in [4.69, 9.17) is 9.47 Å². The molecule has 0 atom stereocenters. The number of hydrogen-bond donors (Lipinski definition) is 1. The lowest BCUT2D eigenvalue weighted by Crippen LogP contribution is -2.34. The number of nitrogens with zero attached hydrogens (tertiary/aromatic N) is 1. The van der Waals surface area contributed by atoms with Crippen LogP contribution in [0, 0.1) is 5.92 Å². The van der Waals surface area contributed by atoms with Gasteiger partial charge in [0.15, 0.2) is 0 Å². The molecule has 0 bridgehead atoms. The highest BCUT2D eigenvalue weighted by Gasteiger charge is 2.33. The molecule has 2 aliphatic rings. The van der Waals surface area contributed by atoms with Crippen molar-refractivity contribution in [3.05, 3.63) is 23.8 Å². The molecule has 3 rings (SSSR count). The summed E-state index contributed by atoms with van der Waals surface area (Å²) in [7, 11) is 3.33. The minimum Gasteiger partial charge on any atom is -0.497 e. The first kappa shape index (κ1) is 18.1. The summed E-state index contributed by atoms with van der Waals surface area (Å²) in [6, 6.07) is 6.19. The maximum atomic E-state index is 12.9. The van der Waals surface area contributed by atoms with Gasteiger partial charge in [-0.25, -0.2) is 0 Å². The highest BCUT2D eigenvalue weighted by atomic mass is 16.5. The summed E-state index contributed by atoms with van der Waals surface area (Å²) in [5.41, 5.74) is 1.02. The number of piperidine rings is 1. The van der Waals surface area contributed by atoms with Crippen molar-refractivity contribution in [2.45, 2.75) is 51.1 Å². The van der Waals surface area contributed by atoms with Crippen molar-refractivity contribution in [2.75, 3.05) is 27.3 Å². The summed E-state index contributed by atoms with van der Waals surface area (Å²) in [6.45, 7) is 2.79. The van der Waals surface area contributed by atoms with E-state index in [1.807, 2.05) is 18.2 Å². The smallest absolute Gasteiger partial charge is 0.223 e. The van der Waals surface area contributed by atoms with E-state index in [-0.39, 0.29) is 5.91 Å². The molecule has 0 unspecified atom stereocenters. The topological polar surface area (TPSA) is 50.8 Å². The molecule has 1 heterocycles. The van der Waals surface area contributed by atoms with Crippen molar-refractivity contribution in [2.24, 2.45) is 5.92 Å². The van der Waals surface area contributed by atoms with E-state index in [9.17, 15) is 4.79 Å². The number of rotatable bonds is 8. The van der Waals surface area contributed by atoms with E-state index < -0.39 is 0 Å². The van der Waals surface area contributed by atoms with Crippen molar-refractivity contribution in [3.63, 3.8) is 0 Å². The van der Waals surface area contributed by atoms with Crippen LogP contribution < -0.4 is 14.8 Å². The number of benzene rings is 1. The average molecular weight is 346 g/mol. The average Bonchev–Trinajstić information content (AvgIpc) is 3.49. The number of amides is 1. The van der Waals surface area contributed by atoms with Crippen molar-refractivity contribution in [1.82, 2.24) is 10.2 Å². The van der Waals surface area contributed by atoms with Crippen LogP contribution in [0.4, 0.5) is 0 Å². The van der Waals surface area contributed by atoms with Crippen LogP contribution in [0.25, 0.3) is 0 Å². The van der Waals surface area contributed by atoms with Crippen LogP contribution in [0.1, 0.15) is 44.1 Å². The molecule has 1 aliphatic heterocycles. The largest absolute Gasteiger partial charge is 0.497 e. The molecule has 1 N–H and O–H groups in total. The fourth-order valence-corrected chi connectivity index (χ4v) is 3.64. The molecular formula is C20H30N2O3. The van der Waals surface area contributed by atoms with Gasteiger partial charge in [0.1, 0.15) is 11.5 Å². The Morgan fingerprint density at radius 1 is 1.16 bits per heavy atom. The molecule has 1 aromatic rings. The van der Waals surface area contributed by atoms with Gasteiger partial charge < -0.3 is 19.7 Å². The maximum absolute atomic E-state index is 12.9. The first-order valence-electron chi connectivity index (χ1n) is 9.42. The van der Waals surface area contributed by atoms with Gasteiger partial charge in [0, 0.05) is 24.6 Å². The minimum absolute atomic E-state index is 0.283. The fraction of sp³-hybridized carbons (Fsp3) is 0.650. The predicted molar refractivity (Wildman–Crippen MR) is 97.9 cm³/mol.